The highest BCUT2D eigenvalue weighted by Crippen LogP contribution is 2.28. The molecule has 1 atom stereocenters. The second-order valence-corrected chi connectivity index (χ2v) is 11.2. The van der Waals surface area contributed by atoms with Crippen molar-refractivity contribution in [3.63, 3.8) is 0 Å². The molecule has 38 heavy (non-hydrogen) atoms. The molecule has 10 heteroatoms. The number of rotatable bonds is 12. The summed E-state index contributed by atoms with van der Waals surface area (Å²) in [5.74, 6) is -0.274. The number of hydrogen-bond donors (Lipinski definition) is 1. The zero-order chi connectivity index (χ0) is 27.7. The zero-order valence-electron chi connectivity index (χ0n) is 22.0. The van der Waals surface area contributed by atoms with E-state index in [1.54, 1.807) is 43.3 Å². The van der Waals surface area contributed by atoms with Gasteiger partial charge in [0.25, 0.3) is 10.0 Å². The minimum atomic E-state index is -4.12. The first-order valence-corrected chi connectivity index (χ1v) is 14.8. The van der Waals surface area contributed by atoms with Gasteiger partial charge in [-0.15, -0.1) is 11.8 Å². The Hall–Kier alpha value is -3.50. The number of likely N-dealkylation sites (N-methyl/N-ethyl adjacent to an activating group) is 1. The van der Waals surface area contributed by atoms with E-state index in [9.17, 15) is 18.0 Å². The SMILES string of the molecule is CCOc1ccc(N(CC(=O)N(Cc2ccccc2)C(C)C(=O)NC)S(=O)(=O)c2ccc(SC)cc2)cc1. The molecular weight excluding hydrogens is 522 g/mol. The Bertz CT molecular complexity index is 1310. The van der Waals surface area contributed by atoms with Crippen molar-refractivity contribution in [3.8, 4) is 5.75 Å². The summed E-state index contributed by atoms with van der Waals surface area (Å²) in [5, 5.41) is 2.58. The number of amides is 2. The van der Waals surface area contributed by atoms with Crippen molar-refractivity contribution in [2.75, 3.05) is 30.8 Å². The van der Waals surface area contributed by atoms with Gasteiger partial charge in [-0.1, -0.05) is 30.3 Å². The number of thioether (sulfide) groups is 1. The Balaban J connectivity index is 2.02. The van der Waals surface area contributed by atoms with E-state index in [0.717, 1.165) is 14.8 Å². The molecule has 3 rings (SSSR count). The lowest BCUT2D eigenvalue weighted by molar-refractivity contribution is -0.139. The van der Waals surface area contributed by atoms with Gasteiger partial charge in [0.15, 0.2) is 0 Å². The zero-order valence-corrected chi connectivity index (χ0v) is 23.6. The molecule has 1 unspecified atom stereocenters. The minimum absolute atomic E-state index is 0.0611. The van der Waals surface area contributed by atoms with E-state index in [2.05, 4.69) is 5.32 Å². The molecule has 2 amide bonds. The van der Waals surface area contributed by atoms with Crippen LogP contribution in [-0.4, -0.2) is 57.6 Å². The van der Waals surface area contributed by atoms with E-state index in [-0.39, 0.29) is 17.3 Å². The summed E-state index contributed by atoms with van der Waals surface area (Å²) in [6.07, 6.45) is 1.91. The minimum Gasteiger partial charge on any atom is -0.494 e. The topological polar surface area (TPSA) is 96.0 Å². The molecule has 0 aromatic heterocycles. The molecular formula is C28H33N3O5S2. The van der Waals surface area contributed by atoms with E-state index in [4.69, 9.17) is 4.74 Å². The monoisotopic (exact) mass is 555 g/mol. The maximum atomic E-state index is 13.9. The Morgan fingerprint density at radius 1 is 0.974 bits per heavy atom. The third-order valence-electron chi connectivity index (χ3n) is 5.97. The van der Waals surface area contributed by atoms with Gasteiger partial charge in [0.2, 0.25) is 11.8 Å². The highest BCUT2D eigenvalue weighted by atomic mass is 32.2. The van der Waals surface area contributed by atoms with Gasteiger partial charge >= 0.3 is 0 Å². The van der Waals surface area contributed by atoms with Crippen molar-refractivity contribution in [1.29, 1.82) is 0 Å². The fraction of sp³-hybridized carbons (Fsp3) is 0.286. The molecule has 0 heterocycles. The quantitative estimate of drug-likeness (QED) is 0.337. The first-order valence-electron chi connectivity index (χ1n) is 12.2. The van der Waals surface area contributed by atoms with Crippen LogP contribution in [0.1, 0.15) is 19.4 Å². The maximum absolute atomic E-state index is 13.9. The van der Waals surface area contributed by atoms with Crippen LogP contribution in [0.5, 0.6) is 5.75 Å². The second kappa shape index (κ2) is 13.3. The van der Waals surface area contributed by atoms with Gasteiger partial charge in [-0.3, -0.25) is 13.9 Å². The lowest BCUT2D eigenvalue weighted by Crippen LogP contribution is -2.50. The maximum Gasteiger partial charge on any atom is 0.264 e. The van der Waals surface area contributed by atoms with Gasteiger partial charge in [0, 0.05) is 18.5 Å². The molecule has 0 aliphatic carbocycles. The van der Waals surface area contributed by atoms with Crippen molar-refractivity contribution < 1.29 is 22.7 Å². The van der Waals surface area contributed by atoms with Crippen LogP contribution in [0.15, 0.2) is 88.7 Å². The number of carbonyl (C=O) groups excluding carboxylic acids is 2. The summed E-state index contributed by atoms with van der Waals surface area (Å²) in [6, 6.07) is 21.5. The number of nitrogens with one attached hydrogen (secondary N) is 1. The smallest absolute Gasteiger partial charge is 0.264 e. The van der Waals surface area contributed by atoms with Gasteiger partial charge in [0.05, 0.1) is 17.2 Å². The summed E-state index contributed by atoms with van der Waals surface area (Å²) in [4.78, 5) is 28.7. The fourth-order valence-corrected chi connectivity index (χ4v) is 5.67. The summed E-state index contributed by atoms with van der Waals surface area (Å²) >= 11 is 1.50. The Labute approximate surface area is 229 Å². The molecule has 0 fully saturated rings. The number of benzene rings is 3. The van der Waals surface area contributed by atoms with Gasteiger partial charge < -0.3 is 15.0 Å². The first kappa shape index (κ1) is 29.1. The molecule has 3 aromatic carbocycles. The Morgan fingerprint density at radius 2 is 1.61 bits per heavy atom. The summed E-state index contributed by atoms with van der Waals surface area (Å²) in [5.41, 5.74) is 1.13. The highest BCUT2D eigenvalue weighted by Gasteiger charge is 2.32. The van der Waals surface area contributed by atoms with Crippen LogP contribution >= 0.6 is 11.8 Å². The lowest BCUT2D eigenvalue weighted by Gasteiger charge is -2.31. The predicted octanol–water partition coefficient (Wildman–Crippen LogP) is 4.17. The van der Waals surface area contributed by atoms with Crippen molar-refractivity contribution >= 4 is 39.3 Å². The summed E-state index contributed by atoms with van der Waals surface area (Å²) < 4.78 is 34.3. The molecule has 202 valence electrons. The predicted molar refractivity (Wildman–Crippen MR) is 151 cm³/mol. The fourth-order valence-electron chi connectivity index (χ4n) is 3.85. The van der Waals surface area contributed by atoms with Crippen molar-refractivity contribution in [2.24, 2.45) is 0 Å². The summed E-state index contributed by atoms with van der Waals surface area (Å²) in [7, 11) is -2.62. The van der Waals surface area contributed by atoms with Crippen LogP contribution in [0.25, 0.3) is 0 Å². The van der Waals surface area contributed by atoms with Crippen molar-refractivity contribution in [1.82, 2.24) is 10.2 Å². The average Bonchev–Trinajstić information content (AvgIpc) is 2.95. The van der Waals surface area contributed by atoms with E-state index in [0.29, 0.717) is 18.0 Å². The Kier molecular flexibility index (Phi) is 10.2. The Morgan fingerprint density at radius 3 is 2.16 bits per heavy atom. The molecule has 0 bridgehead atoms. The number of hydrogen-bond acceptors (Lipinski definition) is 6. The van der Waals surface area contributed by atoms with Crippen molar-refractivity contribution in [2.45, 2.75) is 36.2 Å². The van der Waals surface area contributed by atoms with Gasteiger partial charge in [-0.05, 0) is 74.2 Å². The van der Waals surface area contributed by atoms with Crippen molar-refractivity contribution in [3.05, 3.63) is 84.4 Å². The molecule has 0 saturated carbocycles. The molecule has 0 aliphatic rings. The number of sulfonamides is 1. The van der Waals surface area contributed by atoms with Gasteiger partial charge in [0.1, 0.15) is 18.3 Å². The second-order valence-electron chi connectivity index (χ2n) is 8.41. The average molecular weight is 556 g/mol. The molecule has 0 radical (unpaired) electrons. The van der Waals surface area contributed by atoms with Crippen LogP contribution < -0.4 is 14.4 Å². The molecule has 0 saturated heterocycles. The third kappa shape index (κ3) is 7.08. The largest absolute Gasteiger partial charge is 0.494 e. The van der Waals surface area contributed by atoms with E-state index in [1.807, 2.05) is 43.5 Å². The third-order valence-corrected chi connectivity index (χ3v) is 8.50. The van der Waals surface area contributed by atoms with Gasteiger partial charge in [-0.2, -0.15) is 0 Å². The number of carbonyl (C=O) groups is 2. The molecule has 3 aromatic rings. The highest BCUT2D eigenvalue weighted by molar-refractivity contribution is 7.98. The number of anilines is 1. The van der Waals surface area contributed by atoms with Crippen LogP contribution in [0.3, 0.4) is 0 Å². The normalized spacial score (nSPS) is 11.9. The van der Waals surface area contributed by atoms with Gasteiger partial charge in [-0.25, -0.2) is 8.42 Å². The van der Waals surface area contributed by atoms with E-state index in [1.165, 1.54) is 35.8 Å². The number of ether oxygens (including phenoxy) is 1. The van der Waals surface area contributed by atoms with E-state index < -0.39 is 28.5 Å². The van der Waals surface area contributed by atoms with Crippen LogP contribution in [0, 0.1) is 0 Å². The van der Waals surface area contributed by atoms with E-state index >= 15 is 0 Å². The lowest BCUT2D eigenvalue weighted by atomic mass is 10.1. The number of nitrogens with zero attached hydrogens (tertiary/aromatic N) is 2. The van der Waals surface area contributed by atoms with Crippen LogP contribution in [-0.2, 0) is 26.2 Å². The standard InChI is InChI=1S/C28H33N3O5S2/c1-5-36-24-13-11-23(12-14-24)31(38(34,35)26-17-15-25(37-4)16-18-26)20-27(32)30(21(2)28(33)29-3)19-22-9-7-6-8-10-22/h6-18,21H,5,19-20H2,1-4H3,(H,29,33). The molecule has 0 spiro atoms. The van der Waals surface area contributed by atoms with Crippen LogP contribution in [0.2, 0.25) is 0 Å². The molecule has 1 N–H and O–H groups in total. The van der Waals surface area contributed by atoms with Crippen LogP contribution in [0.4, 0.5) is 5.69 Å². The first-order chi connectivity index (χ1) is 18.2. The molecule has 0 aliphatic heterocycles. The molecule has 8 nitrogen and oxygen atoms in total. The summed E-state index contributed by atoms with van der Waals surface area (Å²) in [6.45, 7) is 3.60.